The maximum absolute atomic E-state index is 13.6. The molecule has 0 spiro atoms. The fourth-order valence-electron chi connectivity index (χ4n) is 4.21. The molecule has 0 aliphatic carbocycles. The highest BCUT2D eigenvalue weighted by Crippen LogP contribution is 2.37. The van der Waals surface area contributed by atoms with Gasteiger partial charge in [0.15, 0.2) is 0 Å². The Morgan fingerprint density at radius 1 is 1.03 bits per heavy atom. The highest BCUT2D eigenvalue weighted by molar-refractivity contribution is 7.92. The number of nitrogens with zero attached hydrogens (tertiary/aromatic N) is 1. The predicted octanol–water partition coefficient (Wildman–Crippen LogP) is 6.87. The molecule has 11 heteroatoms. The smallest absolute Gasteiger partial charge is 0.416 e. The van der Waals surface area contributed by atoms with E-state index in [0.717, 1.165) is 28.8 Å². The Hall–Kier alpha value is -3.24. The van der Waals surface area contributed by atoms with Crippen molar-refractivity contribution in [2.75, 3.05) is 18.0 Å². The molecule has 0 saturated heterocycles. The van der Waals surface area contributed by atoms with Gasteiger partial charge in [0.05, 0.1) is 34.3 Å². The average molecular weight is 583 g/mol. The summed E-state index contributed by atoms with van der Waals surface area (Å²) in [5, 5.41) is 2.52. The highest BCUT2D eigenvalue weighted by Gasteiger charge is 2.34. The van der Waals surface area contributed by atoms with Crippen LogP contribution in [-0.4, -0.2) is 28.0 Å². The van der Waals surface area contributed by atoms with Gasteiger partial charge < -0.3 is 10.1 Å². The SMILES string of the molecule is COc1cc(C)c([C@H](C)NC(=O)CN(c2cc(C(F)(F)F)ccc2Cl)S(=O)(=O)c2ccccc2)cc1C(C)C. The van der Waals surface area contributed by atoms with Gasteiger partial charge in [-0.3, -0.25) is 9.10 Å². The number of carbonyl (C=O) groups excluding carboxylic acids is 1. The number of amides is 1. The minimum atomic E-state index is -4.75. The zero-order valence-corrected chi connectivity index (χ0v) is 23.7. The van der Waals surface area contributed by atoms with Crippen molar-refractivity contribution in [3.63, 3.8) is 0 Å². The lowest BCUT2D eigenvalue weighted by Gasteiger charge is -2.27. The monoisotopic (exact) mass is 582 g/mol. The van der Waals surface area contributed by atoms with Crippen LogP contribution < -0.4 is 14.4 Å². The van der Waals surface area contributed by atoms with Crippen molar-refractivity contribution in [2.45, 2.75) is 50.7 Å². The molecule has 6 nitrogen and oxygen atoms in total. The number of halogens is 4. The molecule has 39 heavy (non-hydrogen) atoms. The van der Waals surface area contributed by atoms with Crippen molar-refractivity contribution in [2.24, 2.45) is 0 Å². The molecule has 0 aliphatic rings. The third kappa shape index (κ3) is 6.86. The maximum atomic E-state index is 13.6. The van der Waals surface area contributed by atoms with Gasteiger partial charge in [0, 0.05) is 0 Å². The minimum absolute atomic E-state index is 0.136. The van der Waals surface area contributed by atoms with Crippen LogP contribution in [0.1, 0.15) is 55.0 Å². The number of hydrogen-bond acceptors (Lipinski definition) is 4. The Morgan fingerprint density at radius 3 is 2.23 bits per heavy atom. The summed E-state index contributed by atoms with van der Waals surface area (Å²) < 4.78 is 73.7. The summed E-state index contributed by atoms with van der Waals surface area (Å²) in [5.74, 6) is 0.123. The summed E-state index contributed by atoms with van der Waals surface area (Å²) in [6.45, 7) is 6.81. The Labute approximate surface area is 231 Å². The lowest BCUT2D eigenvalue weighted by molar-refractivity contribution is -0.137. The number of aryl methyl sites for hydroxylation is 1. The van der Waals surface area contributed by atoms with E-state index in [-0.39, 0.29) is 15.8 Å². The van der Waals surface area contributed by atoms with Gasteiger partial charge in [-0.1, -0.05) is 43.6 Å². The number of sulfonamides is 1. The molecule has 0 radical (unpaired) electrons. The molecule has 3 aromatic carbocycles. The number of ether oxygens (including phenoxy) is 1. The topological polar surface area (TPSA) is 75.7 Å². The van der Waals surface area contributed by atoms with E-state index in [1.165, 1.54) is 24.3 Å². The second-order valence-electron chi connectivity index (χ2n) is 9.38. The summed E-state index contributed by atoms with van der Waals surface area (Å²) >= 11 is 6.20. The van der Waals surface area contributed by atoms with Gasteiger partial charge in [-0.2, -0.15) is 13.2 Å². The van der Waals surface area contributed by atoms with Crippen LogP contribution in [0.5, 0.6) is 5.75 Å². The van der Waals surface area contributed by atoms with Gasteiger partial charge >= 0.3 is 6.18 Å². The quantitative estimate of drug-likeness (QED) is 0.299. The standard InChI is InChI=1S/C28H30ClF3N2O4S/c1-17(2)22-15-23(18(3)13-26(22)38-5)19(4)33-27(35)16-34(39(36,37)21-9-7-6-8-10-21)25-14-20(28(30,31)32)11-12-24(25)29/h6-15,17,19H,16H2,1-5H3,(H,33,35)/t19-/m0/s1. The second kappa shape index (κ2) is 11.9. The summed E-state index contributed by atoms with van der Waals surface area (Å²) in [6, 6.07) is 12.7. The van der Waals surface area contributed by atoms with Gasteiger partial charge in [-0.05, 0) is 78.9 Å². The van der Waals surface area contributed by atoms with Crippen LogP contribution in [0.25, 0.3) is 0 Å². The molecule has 1 atom stereocenters. The molecule has 1 amide bonds. The molecule has 0 fully saturated rings. The molecule has 0 aliphatic heterocycles. The lowest BCUT2D eigenvalue weighted by atomic mass is 9.93. The van der Waals surface area contributed by atoms with Crippen molar-refractivity contribution < 1.29 is 31.1 Å². The molecule has 0 unspecified atom stereocenters. The fourth-order valence-corrected chi connectivity index (χ4v) is 5.93. The van der Waals surface area contributed by atoms with E-state index in [1.54, 1.807) is 20.1 Å². The Morgan fingerprint density at radius 2 is 1.67 bits per heavy atom. The number of anilines is 1. The zero-order chi connectivity index (χ0) is 29.1. The molecule has 0 heterocycles. The summed E-state index contributed by atoms with van der Waals surface area (Å²) in [7, 11) is -2.89. The molecule has 3 aromatic rings. The molecule has 0 aromatic heterocycles. The molecule has 3 rings (SSSR count). The first-order valence-electron chi connectivity index (χ1n) is 12.1. The number of methoxy groups -OCH3 is 1. The normalized spacial score (nSPS) is 12.8. The zero-order valence-electron chi connectivity index (χ0n) is 22.1. The van der Waals surface area contributed by atoms with Crippen LogP contribution in [0, 0.1) is 6.92 Å². The van der Waals surface area contributed by atoms with E-state index in [9.17, 15) is 26.4 Å². The van der Waals surface area contributed by atoms with Gasteiger partial charge in [0.2, 0.25) is 5.91 Å². The van der Waals surface area contributed by atoms with Gasteiger partial charge in [-0.15, -0.1) is 0 Å². The van der Waals surface area contributed by atoms with Crippen LogP contribution >= 0.6 is 11.6 Å². The predicted molar refractivity (Wildman–Crippen MR) is 146 cm³/mol. The molecule has 210 valence electrons. The number of carbonyl (C=O) groups is 1. The largest absolute Gasteiger partial charge is 0.496 e. The Bertz CT molecular complexity index is 1450. The summed E-state index contributed by atoms with van der Waals surface area (Å²) in [4.78, 5) is 13.0. The first-order valence-corrected chi connectivity index (χ1v) is 13.9. The van der Waals surface area contributed by atoms with E-state index in [0.29, 0.717) is 16.1 Å². The summed E-state index contributed by atoms with van der Waals surface area (Å²) in [6.07, 6.45) is -4.75. The third-order valence-corrected chi connectivity index (χ3v) is 8.34. The Balaban J connectivity index is 2.01. The maximum Gasteiger partial charge on any atom is 0.416 e. The van der Waals surface area contributed by atoms with Crippen LogP contribution in [0.2, 0.25) is 5.02 Å². The van der Waals surface area contributed by atoms with Crippen molar-refractivity contribution in [1.82, 2.24) is 5.32 Å². The number of alkyl halides is 3. The lowest BCUT2D eigenvalue weighted by Crippen LogP contribution is -2.42. The van der Waals surface area contributed by atoms with Crippen LogP contribution in [0.4, 0.5) is 18.9 Å². The first-order chi connectivity index (χ1) is 18.2. The molecular weight excluding hydrogens is 553 g/mol. The van der Waals surface area contributed by atoms with Crippen molar-refractivity contribution in [3.8, 4) is 5.75 Å². The average Bonchev–Trinajstić information content (AvgIpc) is 2.87. The number of rotatable bonds is 9. The highest BCUT2D eigenvalue weighted by atomic mass is 35.5. The van der Waals surface area contributed by atoms with Crippen LogP contribution in [0.15, 0.2) is 65.6 Å². The van der Waals surface area contributed by atoms with Crippen molar-refractivity contribution in [3.05, 3.63) is 87.9 Å². The molecular formula is C28H30ClF3N2O4S. The van der Waals surface area contributed by atoms with E-state index >= 15 is 0 Å². The van der Waals surface area contributed by atoms with Gasteiger partial charge in [-0.25, -0.2) is 8.42 Å². The fraction of sp³-hybridized carbons (Fsp3) is 0.321. The number of nitrogens with one attached hydrogen (secondary N) is 1. The number of benzene rings is 3. The molecule has 1 N–H and O–H groups in total. The van der Waals surface area contributed by atoms with E-state index < -0.39 is 45.9 Å². The summed E-state index contributed by atoms with van der Waals surface area (Å²) in [5.41, 5.74) is 1.02. The van der Waals surface area contributed by atoms with Crippen molar-refractivity contribution >= 4 is 33.2 Å². The van der Waals surface area contributed by atoms with Crippen LogP contribution in [0.3, 0.4) is 0 Å². The van der Waals surface area contributed by atoms with Crippen molar-refractivity contribution in [1.29, 1.82) is 0 Å². The minimum Gasteiger partial charge on any atom is -0.496 e. The van der Waals surface area contributed by atoms with Gasteiger partial charge in [0.1, 0.15) is 12.3 Å². The molecule has 0 bridgehead atoms. The second-order valence-corrected chi connectivity index (χ2v) is 11.7. The third-order valence-electron chi connectivity index (χ3n) is 6.24. The van der Waals surface area contributed by atoms with E-state index in [1.807, 2.05) is 32.9 Å². The Kier molecular flexibility index (Phi) is 9.23. The van der Waals surface area contributed by atoms with E-state index in [4.69, 9.17) is 16.3 Å². The number of hydrogen-bond donors (Lipinski definition) is 1. The van der Waals surface area contributed by atoms with E-state index in [2.05, 4.69) is 5.32 Å². The van der Waals surface area contributed by atoms with Crippen LogP contribution in [-0.2, 0) is 21.0 Å². The molecule has 0 saturated carbocycles. The first kappa shape index (κ1) is 30.3. The van der Waals surface area contributed by atoms with Gasteiger partial charge in [0.25, 0.3) is 10.0 Å².